The summed E-state index contributed by atoms with van der Waals surface area (Å²) >= 11 is 0. The Kier molecular flexibility index (Phi) is 5.19. The lowest BCUT2D eigenvalue weighted by molar-refractivity contribution is 0.295. The molecular weight excluding hydrogens is 290 g/mol. The zero-order chi connectivity index (χ0) is 15.1. The van der Waals surface area contributed by atoms with Crippen LogP contribution in [-0.4, -0.2) is 25.9 Å². The van der Waals surface area contributed by atoms with Gasteiger partial charge in [-0.25, -0.2) is 8.42 Å². The van der Waals surface area contributed by atoms with Crippen molar-refractivity contribution in [1.82, 2.24) is 0 Å². The quantitative estimate of drug-likeness (QED) is 0.824. The summed E-state index contributed by atoms with van der Waals surface area (Å²) in [4.78, 5) is 0. The van der Waals surface area contributed by atoms with Gasteiger partial charge in [-0.05, 0) is 42.8 Å². The molecule has 2 rings (SSSR count). The summed E-state index contributed by atoms with van der Waals surface area (Å²) < 4.78 is 31.4. The normalized spacial score (nSPS) is 11.1. The second kappa shape index (κ2) is 7.10. The maximum Gasteiger partial charge on any atom is 0.232 e. The molecule has 0 aliphatic carbocycles. The van der Waals surface area contributed by atoms with Crippen LogP contribution < -0.4 is 9.46 Å². The molecule has 0 heterocycles. The van der Waals surface area contributed by atoms with E-state index in [0.717, 1.165) is 0 Å². The molecule has 0 atom stereocenters. The second-order valence-corrected chi connectivity index (χ2v) is 6.28. The largest absolute Gasteiger partial charge is 0.457 e. The first-order chi connectivity index (χ1) is 10.1. The van der Waals surface area contributed by atoms with Crippen LogP contribution in [0.4, 0.5) is 5.69 Å². The summed E-state index contributed by atoms with van der Waals surface area (Å²) in [5.41, 5.74) is 0.466. The molecule has 0 spiro atoms. The standard InChI is InChI=1S/C15H17NO4S/c17-11-4-12-21(18,19)16-13-7-9-15(10-8-13)20-14-5-2-1-3-6-14/h1-3,5-10,16-17H,4,11-12H2. The predicted molar refractivity (Wildman–Crippen MR) is 82.1 cm³/mol. The van der Waals surface area contributed by atoms with E-state index in [1.165, 1.54) is 0 Å². The minimum absolute atomic E-state index is 0.105. The number of hydrogen-bond donors (Lipinski definition) is 2. The number of rotatable bonds is 7. The van der Waals surface area contributed by atoms with Crippen LogP contribution in [0, 0.1) is 0 Å². The number of ether oxygens (including phenoxy) is 1. The van der Waals surface area contributed by atoms with E-state index < -0.39 is 10.0 Å². The Morgan fingerprint density at radius 2 is 1.57 bits per heavy atom. The van der Waals surface area contributed by atoms with Gasteiger partial charge in [0.25, 0.3) is 0 Å². The smallest absolute Gasteiger partial charge is 0.232 e. The van der Waals surface area contributed by atoms with Crippen LogP contribution in [0.2, 0.25) is 0 Å². The molecule has 0 aliphatic rings. The molecule has 21 heavy (non-hydrogen) atoms. The minimum atomic E-state index is -3.42. The van der Waals surface area contributed by atoms with Crippen molar-refractivity contribution < 1.29 is 18.3 Å². The molecule has 2 aromatic carbocycles. The van der Waals surface area contributed by atoms with Gasteiger partial charge in [0.15, 0.2) is 0 Å². The fourth-order valence-electron chi connectivity index (χ4n) is 1.70. The maximum absolute atomic E-state index is 11.7. The van der Waals surface area contributed by atoms with Gasteiger partial charge in [-0.2, -0.15) is 0 Å². The van der Waals surface area contributed by atoms with Crippen molar-refractivity contribution >= 4 is 15.7 Å². The van der Waals surface area contributed by atoms with Gasteiger partial charge in [0.2, 0.25) is 10.0 Å². The van der Waals surface area contributed by atoms with E-state index in [4.69, 9.17) is 9.84 Å². The topological polar surface area (TPSA) is 75.6 Å². The Balaban J connectivity index is 1.99. The van der Waals surface area contributed by atoms with Crippen molar-refractivity contribution in [2.24, 2.45) is 0 Å². The van der Waals surface area contributed by atoms with Crippen molar-refractivity contribution in [3.05, 3.63) is 54.6 Å². The average molecular weight is 307 g/mol. The highest BCUT2D eigenvalue weighted by atomic mass is 32.2. The summed E-state index contributed by atoms with van der Waals surface area (Å²) in [5.74, 6) is 1.24. The zero-order valence-electron chi connectivity index (χ0n) is 11.4. The number of sulfonamides is 1. The third kappa shape index (κ3) is 5.09. The number of hydrogen-bond acceptors (Lipinski definition) is 4. The van der Waals surface area contributed by atoms with Crippen LogP contribution >= 0.6 is 0 Å². The van der Waals surface area contributed by atoms with Gasteiger partial charge < -0.3 is 9.84 Å². The molecule has 5 nitrogen and oxygen atoms in total. The molecule has 0 saturated heterocycles. The van der Waals surface area contributed by atoms with E-state index in [-0.39, 0.29) is 18.8 Å². The first-order valence-corrected chi connectivity index (χ1v) is 8.18. The molecule has 2 aromatic rings. The van der Waals surface area contributed by atoms with Crippen LogP contribution in [-0.2, 0) is 10.0 Å². The van der Waals surface area contributed by atoms with Crippen LogP contribution in [0.15, 0.2) is 54.6 Å². The molecule has 0 unspecified atom stereocenters. The number of aliphatic hydroxyl groups is 1. The highest BCUT2D eigenvalue weighted by Crippen LogP contribution is 2.23. The molecule has 0 saturated carbocycles. The van der Waals surface area contributed by atoms with Gasteiger partial charge in [0.05, 0.1) is 5.75 Å². The first-order valence-electron chi connectivity index (χ1n) is 6.53. The van der Waals surface area contributed by atoms with Crippen molar-refractivity contribution in [3.63, 3.8) is 0 Å². The Labute approximate surface area is 124 Å². The highest BCUT2D eigenvalue weighted by Gasteiger charge is 2.09. The zero-order valence-corrected chi connectivity index (χ0v) is 12.2. The van der Waals surface area contributed by atoms with E-state index >= 15 is 0 Å². The molecule has 112 valence electrons. The van der Waals surface area contributed by atoms with Crippen molar-refractivity contribution in [2.75, 3.05) is 17.1 Å². The van der Waals surface area contributed by atoms with Gasteiger partial charge in [-0.3, -0.25) is 4.72 Å². The fraction of sp³-hybridized carbons (Fsp3) is 0.200. The minimum Gasteiger partial charge on any atom is -0.457 e. The van der Waals surface area contributed by atoms with Crippen molar-refractivity contribution in [1.29, 1.82) is 0 Å². The molecule has 0 aromatic heterocycles. The fourth-order valence-corrected chi connectivity index (χ4v) is 2.81. The van der Waals surface area contributed by atoms with Gasteiger partial charge in [0, 0.05) is 12.3 Å². The Morgan fingerprint density at radius 3 is 2.19 bits per heavy atom. The Morgan fingerprint density at radius 1 is 0.952 bits per heavy atom. The Bertz CT molecular complexity index is 654. The molecule has 2 N–H and O–H groups in total. The van der Waals surface area contributed by atoms with E-state index in [9.17, 15) is 8.42 Å². The highest BCUT2D eigenvalue weighted by molar-refractivity contribution is 7.92. The first kappa shape index (κ1) is 15.3. The van der Waals surface area contributed by atoms with Crippen LogP contribution in [0.1, 0.15) is 6.42 Å². The molecular formula is C15H17NO4S. The van der Waals surface area contributed by atoms with E-state index in [2.05, 4.69) is 4.72 Å². The maximum atomic E-state index is 11.7. The van der Waals surface area contributed by atoms with Crippen LogP contribution in [0.5, 0.6) is 11.5 Å². The van der Waals surface area contributed by atoms with Crippen LogP contribution in [0.3, 0.4) is 0 Å². The van der Waals surface area contributed by atoms with E-state index in [0.29, 0.717) is 17.2 Å². The molecule has 6 heteroatoms. The van der Waals surface area contributed by atoms with Crippen molar-refractivity contribution in [3.8, 4) is 11.5 Å². The summed E-state index contributed by atoms with van der Waals surface area (Å²) in [7, 11) is -3.42. The van der Waals surface area contributed by atoms with Crippen molar-refractivity contribution in [2.45, 2.75) is 6.42 Å². The number of nitrogens with one attached hydrogen (secondary N) is 1. The molecule has 0 aliphatic heterocycles. The van der Waals surface area contributed by atoms with E-state index in [1.54, 1.807) is 24.3 Å². The number of anilines is 1. The molecule has 0 amide bonds. The number of para-hydroxylation sites is 1. The SMILES string of the molecule is O=S(=O)(CCCO)Nc1ccc(Oc2ccccc2)cc1. The molecule has 0 bridgehead atoms. The summed E-state index contributed by atoms with van der Waals surface area (Å²) in [6.45, 7) is -0.148. The third-order valence-corrected chi connectivity index (χ3v) is 4.05. The van der Waals surface area contributed by atoms with Gasteiger partial charge in [0.1, 0.15) is 11.5 Å². The summed E-state index contributed by atoms with van der Waals surface area (Å²) in [6, 6.07) is 16.0. The monoisotopic (exact) mass is 307 g/mol. The lowest BCUT2D eigenvalue weighted by Gasteiger charge is -2.09. The number of aliphatic hydroxyl groups excluding tert-OH is 1. The summed E-state index contributed by atoms with van der Waals surface area (Å²) in [5, 5.41) is 8.66. The number of benzene rings is 2. The van der Waals surface area contributed by atoms with Gasteiger partial charge in [-0.15, -0.1) is 0 Å². The average Bonchev–Trinajstić information content (AvgIpc) is 2.48. The third-order valence-electron chi connectivity index (χ3n) is 2.68. The van der Waals surface area contributed by atoms with Crippen LogP contribution in [0.25, 0.3) is 0 Å². The molecule has 0 fully saturated rings. The summed E-state index contributed by atoms with van der Waals surface area (Å²) in [6.07, 6.45) is 0.213. The molecule has 0 radical (unpaired) electrons. The second-order valence-electron chi connectivity index (χ2n) is 4.44. The van der Waals surface area contributed by atoms with Gasteiger partial charge in [-0.1, -0.05) is 18.2 Å². The lowest BCUT2D eigenvalue weighted by Crippen LogP contribution is -2.17. The predicted octanol–water partition coefficient (Wildman–Crippen LogP) is 2.60. The lowest BCUT2D eigenvalue weighted by atomic mass is 10.3. The van der Waals surface area contributed by atoms with Gasteiger partial charge >= 0.3 is 0 Å². The van der Waals surface area contributed by atoms with E-state index in [1.807, 2.05) is 30.3 Å². The Hall–Kier alpha value is -2.05.